The second-order valence-corrected chi connectivity index (χ2v) is 3.91. The molecule has 0 bridgehead atoms. The molecule has 108 valence electrons. The molecule has 0 heterocycles. The normalized spacial score (nSPS) is 9.90. The number of urea groups is 1. The van der Waals surface area contributed by atoms with E-state index in [0.717, 1.165) is 17.0 Å². The zero-order valence-electron chi connectivity index (χ0n) is 10.7. The van der Waals surface area contributed by atoms with Crippen LogP contribution in [0.3, 0.4) is 0 Å². The molecule has 3 amide bonds. The van der Waals surface area contributed by atoms with Gasteiger partial charge in [-0.1, -0.05) is 0 Å². The molecule has 0 spiro atoms. The summed E-state index contributed by atoms with van der Waals surface area (Å²) in [5.41, 5.74) is 4.55. The Morgan fingerprint density at radius 1 is 1.40 bits per heavy atom. The summed E-state index contributed by atoms with van der Waals surface area (Å²) in [7, 11) is 0. The average Bonchev–Trinajstić information content (AvgIpc) is 2.37. The van der Waals surface area contributed by atoms with Crippen LogP contribution >= 0.6 is 0 Å². The highest BCUT2D eigenvalue weighted by atomic mass is 19.1. The van der Waals surface area contributed by atoms with Crippen LogP contribution in [0.1, 0.15) is 17.3 Å². The van der Waals surface area contributed by atoms with Gasteiger partial charge in [0.2, 0.25) is 5.91 Å². The molecule has 0 saturated carbocycles. The average molecular weight is 283 g/mol. The van der Waals surface area contributed by atoms with E-state index in [-0.39, 0.29) is 18.8 Å². The Labute approximate surface area is 114 Å². The van der Waals surface area contributed by atoms with Crippen LogP contribution in [0.15, 0.2) is 18.2 Å². The fourth-order valence-electron chi connectivity index (χ4n) is 1.48. The lowest BCUT2D eigenvalue weighted by Gasteiger charge is -2.19. The number of benzene rings is 1. The number of anilines is 1. The first kappa shape index (κ1) is 15.4. The summed E-state index contributed by atoms with van der Waals surface area (Å²) < 4.78 is 13.2. The van der Waals surface area contributed by atoms with Crippen molar-refractivity contribution in [2.45, 2.75) is 6.92 Å². The predicted octanol–water partition coefficient (Wildman–Crippen LogP) is 0.863. The number of carboxylic acids is 1. The molecule has 0 atom stereocenters. The molecule has 8 heteroatoms. The minimum atomic E-state index is -1.44. The molecule has 0 unspecified atom stereocenters. The molecule has 4 N–H and O–H groups in total. The maximum atomic E-state index is 13.2. The Morgan fingerprint density at radius 2 is 2.05 bits per heavy atom. The number of amides is 3. The molecular weight excluding hydrogens is 269 g/mol. The molecule has 0 aliphatic carbocycles. The fraction of sp³-hybridized carbons (Fsp3) is 0.250. The van der Waals surface area contributed by atoms with Crippen LogP contribution in [0.5, 0.6) is 0 Å². The number of carboxylic acid groups (broad SMARTS) is 1. The summed E-state index contributed by atoms with van der Waals surface area (Å²) in [4.78, 5) is 34.5. The lowest BCUT2D eigenvalue weighted by molar-refractivity contribution is -0.118. The van der Waals surface area contributed by atoms with Crippen LogP contribution in [0.2, 0.25) is 0 Å². The van der Waals surface area contributed by atoms with Gasteiger partial charge in [-0.15, -0.1) is 0 Å². The van der Waals surface area contributed by atoms with E-state index in [1.54, 1.807) is 6.92 Å². The maximum Gasteiger partial charge on any atom is 0.338 e. The predicted molar refractivity (Wildman–Crippen MR) is 68.8 cm³/mol. The zero-order valence-corrected chi connectivity index (χ0v) is 10.7. The van der Waals surface area contributed by atoms with Crippen molar-refractivity contribution in [3.05, 3.63) is 29.6 Å². The highest BCUT2D eigenvalue weighted by Crippen LogP contribution is 2.15. The van der Waals surface area contributed by atoms with Crippen molar-refractivity contribution in [2.75, 3.05) is 18.4 Å². The van der Waals surface area contributed by atoms with Gasteiger partial charge in [-0.05, 0) is 25.1 Å². The number of halogens is 1. The molecule has 1 rings (SSSR count). The van der Waals surface area contributed by atoms with Gasteiger partial charge in [0.05, 0.1) is 5.56 Å². The van der Waals surface area contributed by atoms with Crippen LogP contribution in [0.25, 0.3) is 0 Å². The smallest absolute Gasteiger partial charge is 0.338 e. The van der Waals surface area contributed by atoms with Crippen molar-refractivity contribution >= 4 is 23.6 Å². The molecule has 0 aliphatic rings. The first-order chi connectivity index (χ1) is 9.35. The van der Waals surface area contributed by atoms with Gasteiger partial charge in [0, 0.05) is 12.2 Å². The highest BCUT2D eigenvalue weighted by Gasteiger charge is 2.16. The van der Waals surface area contributed by atoms with Crippen LogP contribution in [0.4, 0.5) is 14.9 Å². The Morgan fingerprint density at radius 3 is 2.55 bits per heavy atom. The second kappa shape index (κ2) is 6.50. The van der Waals surface area contributed by atoms with E-state index in [1.807, 2.05) is 0 Å². The topological polar surface area (TPSA) is 113 Å². The molecular formula is C12H14FN3O4. The molecule has 0 saturated heterocycles. The van der Waals surface area contributed by atoms with Gasteiger partial charge in [-0.2, -0.15) is 0 Å². The first-order valence-electron chi connectivity index (χ1n) is 5.72. The van der Waals surface area contributed by atoms with Crippen LogP contribution in [0, 0.1) is 5.82 Å². The molecule has 7 nitrogen and oxygen atoms in total. The zero-order chi connectivity index (χ0) is 15.3. The molecule has 0 radical (unpaired) electrons. The quantitative estimate of drug-likeness (QED) is 0.743. The standard InChI is InChI=1S/C12H14FN3O4/c1-2-16(6-10(14)17)12(20)15-7-3-4-9(13)8(5-7)11(18)19/h3-5H,2,6H2,1H3,(H2,14,17)(H,15,20)(H,18,19). The van der Waals surface area contributed by atoms with E-state index >= 15 is 0 Å². The third-order valence-electron chi connectivity index (χ3n) is 2.46. The van der Waals surface area contributed by atoms with Crippen LogP contribution < -0.4 is 11.1 Å². The van der Waals surface area contributed by atoms with Gasteiger partial charge in [-0.25, -0.2) is 14.0 Å². The van der Waals surface area contributed by atoms with Crippen molar-refractivity contribution in [3.63, 3.8) is 0 Å². The van der Waals surface area contributed by atoms with Crippen LogP contribution in [-0.4, -0.2) is 41.0 Å². The van der Waals surface area contributed by atoms with Gasteiger partial charge in [0.15, 0.2) is 0 Å². The van der Waals surface area contributed by atoms with Crippen molar-refractivity contribution in [2.24, 2.45) is 5.73 Å². The Hall–Kier alpha value is -2.64. The van der Waals surface area contributed by atoms with Crippen molar-refractivity contribution in [1.29, 1.82) is 0 Å². The van der Waals surface area contributed by atoms with E-state index in [0.29, 0.717) is 0 Å². The lowest BCUT2D eigenvalue weighted by Crippen LogP contribution is -2.40. The summed E-state index contributed by atoms with van der Waals surface area (Å²) in [5.74, 6) is -3.02. The van der Waals surface area contributed by atoms with Crippen LogP contribution in [-0.2, 0) is 4.79 Å². The number of hydrogen-bond acceptors (Lipinski definition) is 3. The number of carbonyl (C=O) groups excluding carboxylic acids is 2. The minimum Gasteiger partial charge on any atom is -0.478 e. The number of carbonyl (C=O) groups is 3. The Balaban J connectivity index is 2.87. The first-order valence-corrected chi connectivity index (χ1v) is 5.72. The largest absolute Gasteiger partial charge is 0.478 e. The molecule has 1 aromatic carbocycles. The summed E-state index contributed by atoms with van der Waals surface area (Å²) >= 11 is 0. The number of aromatic carboxylic acids is 1. The summed E-state index contributed by atoms with van der Waals surface area (Å²) in [5, 5.41) is 11.1. The lowest BCUT2D eigenvalue weighted by atomic mass is 10.2. The number of primary amides is 1. The number of nitrogens with one attached hydrogen (secondary N) is 1. The van der Waals surface area contributed by atoms with Crippen molar-refractivity contribution < 1.29 is 23.9 Å². The van der Waals surface area contributed by atoms with E-state index in [9.17, 15) is 18.8 Å². The second-order valence-electron chi connectivity index (χ2n) is 3.91. The summed E-state index contributed by atoms with van der Waals surface area (Å²) in [6, 6.07) is 2.52. The third kappa shape index (κ3) is 3.94. The van der Waals surface area contributed by atoms with E-state index in [2.05, 4.69) is 5.32 Å². The van der Waals surface area contributed by atoms with Gasteiger partial charge < -0.3 is 21.1 Å². The van der Waals surface area contributed by atoms with Gasteiger partial charge >= 0.3 is 12.0 Å². The number of likely N-dealkylation sites (N-methyl/N-ethyl adjacent to an activating group) is 1. The summed E-state index contributed by atoms with van der Waals surface area (Å²) in [6.45, 7) is 1.62. The highest BCUT2D eigenvalue weighted by molar-refractivity contribution is 5.94. The van der Waals surface area contributed by atoms with Gasteiger partial charge in [0.1, 0.15) is 12.4 Å². The Bertz CT molecular complexity index is 548. The van der Waals surface area contributed by atoms with E-state index in [4.69, 9.17) is 10.8 Å². The SMILES string of the molecule is CCN(CC(N)=O)C(=O)Nc1ccc(F)c(C(=O)O)c1. The number of nitrogens with zero attached hydrogens (tertiary/aromatic N) is 1. The van der Waals surface area contributed by atoms with Gasteiger partial charge in [-0.3, -0.25) is 4.79 Å². The molecule has 0 aliphatic heterocycles. The van der Waals surface area contributed by atoms with E-state index in [1.165, 1.54) is 6.07 Å². The minimum absolute atomic E-state index is 0.108. The fourth-order valence-corrected chi connectivity index (χ4v) is 1.48. The van der Waals surface area contributed by atoms with Gasteiger partial charge in [0.25, 0.3) is 0 Å². The van der Waals surface area contributed by atoms with Crippen molar-refractivity contribution in [3.8, 4) is 0 Å². The summed E-state index contributed by atoms with van der Waals surface area (Å²) in [6.07, 6.45) is 0. The molecule has 20 heavy (non-hydrogen) atoms. The van der Waals surface area contributed by atoms with E-state index < -0.39 is 29.3 Å². The monoisotopic (exact) mass is 283 g/mol. The van der Waals surface area contributed by atoms with Crippen molar-refractivity contribution in [1.82, 2.24) is 4.90 Å². The maximum absolute atomic E-state index is 13.2. The molecule has 0 fully saturated rings. The molecule has 1 aromatic rings. The Kier molecular flexibility index (Phi) is 5.01. The number of nitrogens with two attached hydrogens (primary N) is 1. The third-order valence-corrected chi connectivity index (χ3v) is 2.46. The number of hydrogen-bond donors (Lipinski definition) is 3. The number of rotatable bonds is 5. The molecule has 0 aromatic heterocycles.